The zero-order valence-corrected chi connectivity index (χ0v) is 10.7. The predicted octanol–water partition coefficient (Wildman–Crippen LogP) is 0.701. The summed E-state index contributed by atoms with van der Waals surface area (Å²) in [6, 6.07) is 0. The first-order valence-corrected chi connectivity index (χ1v) is 6.06. The van der Waals surface area contributed by atoms with E-state index in [-0.39, 0.29) is 52.4 Å². The van der Waals surface area contributed by atoms with E-state index < -0.39 is 5.41 Å². The molecule has 0 radical (unpaired) electrons. The van der Waals surface area contributed by atoms with E-state index in [1.165, 1.54) is 0 Å². The van der Waals surface area contributed by atoms with Crippen molar-refractivity contribution in [3.63, 3.8) is 0 Å². The second-order valence-corrected chi connectivity index (χ2v) is 4.66. The Bertz CT molecular complexity index is 313. The van der Waals surface area contributed by atoms with Crippen molar-refractivity contribution < 1.29 is 9.59 Å². The van der Waals surface area contributed by atoms with Crippen LogP contribution in [0.2, 0.25) is 0 Å². The van der Waals surface area contributed by atoms with Gasteiger partial charge < -0.3 is 10.6 Å². The molecule has 0 spiro atoms. The molecular formula is C11H19N2NaO2S. The molecule has 1 fully saturated rings. The van der Waals surface area contributed by atoms with Crippen LogP contribution in [-0.4, -0.2) is 46.5 Å². The van der Waals surface area contributed by atoms with Crippen LogP contribution in [0.4, 0.5) is 0 Å². The molecule has 0 aliphatic carbocycles. The second kappa shape index (κ2) is 6.83. The molecule has 0 aromatic carbocycles. The molecule has 0 aromatic rings. The van der Waals surface area contributed by atoms with Crippen molar-refractivity contribution >= 4 is 58.7 Å². The van der Waals surface area contributed by atoms with E-state index in [0.717, 1.165) is 12.8 Å². The number of hydrogen-bond acceptors (Lipinski definition) is 3. The third-order valence-corrected chi connectivity index (χ3v) is 3.59. The van der Waals surface area contributed by atoms with Crippen LogP contribution in [0.3, 0.4) is 0 Å². The summed E-state index contributed by atoms with van der Waals surface area (Å²) in [6.45, 7) is 5.85. The SMILES string of the molecule is CCCC(C)C1(CC)C(=O)NC(=S)NC1=O.[NaH]. The Kier molecular flexibility index (Phi) is 6.84. The topological polar surface area (TPSA) is 58.2 Å². The summed E-state index contributed by atoms with van der Waals surface area (Å²) in [7, 11) is 0. The van der Waals surface area contributed by atoms with Gasteiger partial charge in [0, 0.05) is 0 Å². The maximum atomic E-state index is 12.0. The molecule has 0 saturated carbocycles. The van der Waals surface area contributed by atoms with Crippen LogP contribution in [0.5, 0.6) is 0 Å². The summed E-state index contributed by atoms with van der Waals surface area (Å²) < 4.78 is 0. The van der Waals surface area contributed by atoms with Gasteiger partial charge in [-0.3, -0.25) is 9.59 Å². The molecule has 6 heteroatoms. The van der Waals surface area contributed by atoms with Crippen LogP contribution >= 0.6 is 12.2 Å². The first-order chi connectivity index (χ1) is 7.48. The van der Waals surface area contributed by atoms with Gasteiger partial charge in [-0.15, -0.1) is 0 Å². The monoisotopic (exact) mass is 266 g/mol. The molecule has 2 N–H and O–H groups in total. The van der Waals surface area contributed by atoms with E-state index in [2.05, 4.69) is 10.6 Å². The Balaban J connectivity index is 0.00000256. The van der Waals surface area contributed by atoms with Crippen LogP contribution < -0.4 is 10.6 Å². The molecule has 1 rings (SSSR count). The van der Waals surface area contributed by atoms with Gasteiger partial charge in [0.2, 0.25) is 11.8 Å². The molecule has 0 bridgehead atoms. The number of nitrogens with one attached hydrogen (secondary N) is 2. The molecule has 1 unspecified atom stereocenters. The van der Waals surface area contributed by atoms with E-state index in [9.17, 15) is 9.59 Å². The Labute approximate surface area is 130 Å². The summed E-state index contributed by atoms with van der Waals surface area (Å²) in [6.07, 6.45) is 2.30. The summed E-state index contributed by atoms with van der Waals surface area (Å²) >= 11 is 4.80. The van der Waals surface area contributed by atoms with Gasteiger partial charge in [0.05, 0.1) is 0 Å². The maximum absolute atomic E-state index is 12.0. The first-order valence-electron chi connectivity index (χ1n) is 5.65. The van der Waals surface area contributed by atoms with Crippen LogP contribution in [0.15, 0.2) is 0 Å². The number of amides is 2. The molecule has 92 valence electrons. The van der Waals surface area contributed by atoms with Crippen molar-refractivity contribution in [3.05, 3.63) is 0 Å². The number of hydrogen-bond donors (Lipinski definition) is 2. The summed E-state index contributed by atoms with van der Waals surface area (Å²) in [5, 5.41) is 5.22. The van der Waals surface area contributed by atoms with Crippen LogP contribution in [-0.2, 0) is 9.59 Å². The molecule has 2 amide bonds. The molecule has 1 heterocycles. The Morgan fingerprint density at radius 2 is 1.71 bits per heavy atom. The van der Waals surface area contributed by atoms with Crippen molar-refractivity contribution in [2.45, 2.75) is 40.0 Å². The van der Waals surface area contributed by atoms with E-state index in [1.54, 1.807) is 0 Å². The number of rotatable bonds is 4. The molecule has 17 heavy (non-hydrogen) atoms. The third-order valence-electron chi connectivity index (χ3n) is 3.39. The molecular weight excluding hydrogens is 247 g/mol. The fraction of sp³-hybridized carbons (Fsp3) is 0.727. The van der Waals surface area contributed by atoms with Gasteiger partial charge >= 0.3 is 29.6 Å². The van der Waals surface area contributed by atoms with Crippen LogP contribution in [0.1, 0.15) is 40.0 Å². The van der Waals surface area contributed by atoms with Crippen molar-refractivity contribution in [2.75, 3.05) is 0 Å². The first kappa shape index (κ1) is 17.0. The summed E-state index contributed by atoms with van der Waals surface area (Å²) in [5.41, 5.74) is -0.960. The number of thiocarbonyl (C=S) groups is 1. The Hall–Kier alpha value is 0.0300. The number of carbonyl (C=O) groups excluding carboxylic acids is 2. The second-order valence-electron chi connectivity index (χ2n) is 4.25. The quantitative estimate of drug-likeness (QED) is 0.447. The third kappa shape index (κ3) is 3.08. The predicted molar refractivity (Wildman–Crippen MR) is 72.8 cm³/mol. The summed E-state index contributed by atoms with van der Waals surface area (Å²) in [5.74, 6) is -0.500. The van der Waals surface area contributed by atoms with E-state index in [4.69, 9.17) is 12.2 Å². The van der Waals surface area contributed by atoms with Gasteiger partial charge in [0.15, 0.2) is 5.11 Å². The Morgan fingerprint density at radius 3 is 2.06 bits per heavy atom. The normalized spacial score (nSPS) is 20.1. The van der Waals surface area contributed by atoms with E-state index in [1.807, 2.05) is 20.8 Å². The molecule has 1 atom stereocenters. The van der Waals surface area contributed by atoms with E-state index in [0.29, 0.717) is 6.42 Å². The van der Waals surface area contributed by atoms with Gasteiger partial charge in [-0.2, -0.15) is 0 Å². The molecule has 1 aliphatic rings. The molecule has 0 aromatic heterocycles. The van der Waals surface area contributed by atoms with Crippen molar-refractivity contribution in [2.24, 2.45) is 11.3 Å². The van der Waals surface area contributed by atoms with Gasteiger partial charge in [0.25, 0.3) is 0 Å². The van der Waals surface area contributed by atoms with Crippen molar-refractivity contribution in [3.8, 4) is 0 Å². The van der Waals surface area contributed by atoms with Crippen molar-refractivity contribution in [1.82, 2.24) is 10.6 Å². The standard InChI is InChI=1S/C11H18N2O2S.Na.H/c1-4-6-7(3)11(5-2)8(14)12-10(16)13-9(11)15;;/h7H,4-6H2,1-3H3,(H2,12,13,14,15,16);;. The fourth-order valence-corrected chi connectivity index (χ4v) is 2.55. The average Bonchev–Trinajstić information content (AvgIpc) is 2.18. The van der Waals surface area contributed by atoms with Gasteiger partial charge in [0.1, 0.15) is 5.41 Å². The minimum absolute atomic E-state index is 0. The summed E-state index contributed by atoms with van der Waals surface area (Å²) in [4.78, 5) is 24.0. The zero-order chi connectivity index (χ0) is 12.3. The average molecular weight is 266 g/mol. The molecule has 4 nitrogen and oxygen atoms in total. The fourth-order valence-electron chi connectivity index (χ4n) is 2.36. The van der Waals surface area contributed by atoms with E-state index >= 15 is 0 Å². The zero-order valence-electron chi connectivity index (χ0n) is 9.92. The van der Waals surface area contributed by atoms with Crippen molar-refractivity contribution in [1.29, 1.82) is 0 Å². The Morgan fingerprint density at radius 1 is 1.24 bits per heavy atom. The van der Waals surface area contributed by atoms with Crippen LogP contribution in [0, 0.1) is 11.3 Å². The molecule has 1 aliphatic heterocycles. The molecule has 1 saturated heterocycles. The minimum atomic E-state index is -0.960. The number of carbonyl (C=O) groups is 2. The van der Waals surface area contributed by atoms with Crippen LogP contribution in [0.25, 0.3) is 0 Å². The van der Waals surface area contributed by atoms with Gasteiger partial charge in [-0.1, -0.05) is 27.2 Å². The van der Waals surface area contributed by atoms with Gasteiger partial charge in [-0.25, -0.2) is 0 Å². The van der Waals surface area contributed by atoms with Gasteiger partial charge in [-0.05, 0) is 31.0 Å².